The maximum Gasteiger partial charge on any atom is 0.234 e. The summed E-state index contributed by atoms with van der Waals surface area (Å²) in [4.78, 5) is 13.9. The maximum atomic E-state index is 12.8. The lowest BCUT2D eigenvalue weighted by atomic mass is 10.2. The summed E-state index contributed by atoms with van der Waals surface area (Å²) < 4.78 is 17.1. The number of nitrogens with zero attached hydrogens (tertiary/aromatic N) is 3. The molecule has 0 saturated heterocycles. The molecule has 0 atom stereocenters. The molecule has 22 heavy (non-hydrogen) atoms. The number of halogens is 2. The van der Waals surface area contributed by atoms with Crippen molar-refractivity contribution < 1.29 is 9.18 Å². The highest BCUT2D eigenvalue weighted by Crippen LogP contribution is 2.18. The van der Waals surface area contributed by atoms with Crippen molar-refractivity contribution in [2.24, 2.45) is 0 Å². The molecule has 1 aromatic carbocycles. The van der Waals surface area contributed by atoms with Crippen LogP contribution in [-0.2, 0) is 17.9 Å². The van der Waals surface area contributed by atoms with E-state index < -0.39 is 0 Å². The number of carbonyl (C=O) groups is 1. The average Bonchev–Trinajstić information content (AvgIpc) is 2.91. The number of hydrogen-bond donors (Lipinski definition) is 1. The summed E-state index contributed by atoms with van der Waals surface area (Å²) in [6.45, 7) is 3.75. The predicted octanol–water partition coefficient (Wildman–Crippen LogP) is 2.47. The second kappa shape index (κ2) is 8.17. The average molecular weight is 343 g/mol. The number of benzene rings is 1. The van der Waals surface area contributed by atoms with E-state index in [4.69, 9.17) is 11.6 Å². The first-order valence-electron chi connectivity index (χ1n) is 6.78. The van der Waals surface area contributed by atoms with Crippen LogP contribution in [0.2, 0.25) is 4.34 Å². The van der Waals surface area contributed by atoms with Crippen LogP contribution in [0.25, 0.3) is 0 Å². The second-order valence-electron chi connectivity index (χ2n) is 4.70. The summed E-state index contributed by atoms with van der Waals surface area (Å²) in [5.41, 5.74) is 1.53. The Morgan fingerprint density at radius 2 is 2.14 bits per heavy atom. The molecule has 0 spiro atoms. The molecule has 5 nitrogen and oxygen atoms in total. The Morgan fingerprint density at radius 1 is 1.41 bits per heavy atom. The lowest BCUT2D eigenvalue weighted by Gasteiger charge is -2.18. The summed E-state index contributed by atoms with van der Waals surface area (Å²) in [5, 5.41) is 6.75. The summed E-state index contributed by atoms with van der Waals surface area (Å²) in [7, 11) is 0. The molecule has 2 aromatic rings. The van der Waals surface area contributed by atoms with Crippen molar-refractivity contribution in [2.45, 2.75) is 20.0 Å². The van der Waals surface area contributed by atoms with E-state index in [-0.39, 0.29) is 18.3 Å². The topological polar surface area (TPSA) is 58.1 Å². The standard InChI is InChI=1S/C14H16ClFN4OS/c1-2-20(8-12-14(15)22-19-18-12)9-13(21)17-7-10-3-5-11(16)6-4-10/h3-6H,2,7-9H2,1H3,(H,17,21). The third-order valence-electron chi connectivity index (χ3n) is 3.10. The lowest BCUT2D eigenvalue weighted by Crippen LogP contribution is -2.36. The van der Waals surface area contributed by atoms with Crippen LogP contribution in [0.4, 0.5) is 4.39 Å². The molecule has 0 unspecified atom stereocenters. The molecule has 0 aliphatic heterocycles. The van der Waals surface area contributed by atoms with E-state index in [1.807, 2.05) is 11.8 Å². The molecular weight excluding hydrogens is 327 g/mol. The highest BCUT2D eigenvalue weighted by molar-refractivity contribution is 7.10. The van der Waals surface area contributed by atoms with Crippen LogP contribution in [0, 0.1) is 5.82 Å². The van der Waals surface area contributed by atoms with Crippen molar-refractivity contribution >= 4 is 29.0 Å². The molecule has 118 valence electrons. The molecule has 0 bridgehead atoms. The Kier molecular flexibility index (Phi) is 6.23. The van der Waals surface area contributed by atoms with E-state index >= 15 is 0 Å². The van der Waals surface area contributed by atoms with E-state index in [1.165, 1.54) is 12.1 Å². The number of aromatic nitrogens is 2. The molecule has 0 saturated carbocycles. The highest BCUT2D eigenvalue weighted by atomic mass is 35.5. The molecule has 1 aromatic heterocycles. The fraction of sp³-hybridized carbons (Fsp3) is 0.357. The van der Waals surface area contributed by atoms with Crippen molar-refractivity contribution in [3.05, 3.63) is 45.7 Å². The zero-order chi connectivity index (χ0) is 15.9. The third kappa shape index (κ3) is 5.01. The van der Waals surface area contributed by atoms with Gasteiger partial charge in [0.05, 0.1) is 6.54 Å². The first-order valence-corrected chi connectivity index (χ1v) is 7.94. The molecular formula is C14H16ClFN4OS. The van der Waals surface area contributed by atoms with Gasteiger partial charge in [-0.05, 0) is 24.2 Å². The van der Waals surface area contributed by atoms with E-state index in [0.29, 0.717) is 29.7 Å². The van der Waals surface area contributed by atoms with Gasteiger partial charge in [-0.1, -0.05) is 35.1 Å². The lowest BCUT2D eigenvalue weighted by molar-refractivity contribution is -0.122. The van der Waals surface area contributed by atoms with Gasteiger partial charge >= 0.3 is 0 Å². The third-order valence-corrected chi connectivity index (χ3v) is 4.08. The van der Waals surface area contributed by atoms with Crippen LogP contribution in [0.1, 0.15) is 18.2 Å². The monoisotopic (exact) mass is 342 g/mol. The van der Waals surface area contributed by atoms with Crippen LogP contribution in [-0.4, -0.2) is 33.5 Å². The molecule has 0 fully saturated rings. The maximum absolute atomic E-state index is 12.8. The normalized spacial score (nSPS) is 10.9. The van der Waals surface area contributed by atoms with Crippen molar-refractivity contribution in [3.8, 4) is 0 Å². The number of likely N-dealkylation sites (N-methyl/N-ethyl adjacent to an activating group) is 1. The smallest absolute Gasteiger partial charge is 0.234 e. The molecule has 0 aliphatic carbocycles. The summed E-state index contributed by atoms with van der Waals surface area (Å²) in [6, 6.07) is 6.04. The van der Waals surface area contributed by atoms with Gasteiger partial charge in [-0.15, -0.1) is 5.10 Å². The Balaban J connectivity index is 1.81. The zero-order valence-corrected chi connectivity index (χ0v) is 13.6. The van der Waals surface area contributed by atoms with Crippen LogP contribution < -0.4 is 5.32 Å². The van der Waals surface area contributed by atoms with Gasteiger partial charge in [0.2, 0.25) is 5.91 Å². The summed E-state index contributed by atoms with van der Waals surface area (Å²) in [6.07, 6.45) is 0. The molecule has 0 radical (unpaired) electrons. The minimum atomic E-state index is -0.291. The summed E-state index contributed by atoms with van der Waals surface area (Å²) >= 11 is 7.10. The predicted molar refractivity (Wildman–Crippen MR) is 84.1 cm³/mol. The van der Waals surface area contributed by atoms with Crippen LogP contribution in [0.3, 0.4) is 0 Å². The molecule has 1 heterocycles. The number of hydrogen-bond acceptors (Lipinski definition) is 5. The van der Waals surface area contributed by atoms with Gasteiger partial charge in [0.15, 0.2) is 0 Å². The highest BCUT2D eigenvalue weighted by Gasteiger charge is 2.13. The van der Waals surface area contributed by atoms with Crippen LogP contribution in [0.15, 0.2) is 24.3 Å². The van der Waals surface area contributed by atoms with Crippen LogP contribution >= 0.6 is 23.1 Å². The first kappa shape index (κ1) is 16.8. The van der Waals surface area contributed by atoms with E-state index in [1.54, 1.807) is 12.1 Å². The molecule has 8 heteroatoms. The fourth-order valence-electron chi connectivity index (χ4n) is 1.84. The Bertz CT molecular complexity index is 620. The van der Waals surface area contributed by atoms with Crippen molar-refractivity contribution in [2.75, 3.05) is 13.1 Å². The molecule has 2 rings (SSSR count). The van der Waals surface area contributed by atoms with E-state index in [9.17, 15) is 9.18 Å². The quantitative estimate of drug-likeness (QED) is 0.839. The minimum absolute atomic E-state index is 0.106. The Labute approximate surface area is 137 Å². The van der Waals surface area contributed by atoms with Crippen molar-refractivity contribution in [1.82, 2.24) is 19.8 Å². The van der Waals surface area contributed by atoms with Gasteiger partial charge < -0.3 is 5.32 Å². The SMILES string of the molecule is CCN(CC(=O)NCc1ccc(F)cc1)Cc1nnsc1Cl. The van der Waals surface area contributed by atoms with Crippen molar-refractivity contribution in [1.29, 1.82) is 0 Å². The van der Waals surface area contributed by atoms with Gasteiger partial charge in [-0.2, -0.15) is 0 Å². The molecule has 0 aliphatic rings. The molecule has 1 N–H and O–H groups in total. The number of rotatable bonds is 7. The Morgan fingerprint density at radius 3 is 2.73 bits per heavy atom. The minimum Gasteiger partial charge on any atom is -0.351 e. The number of nitrogens with one attached hydrogen (secondary N) is 1. The van der Waals surface area contributed by atoms with E-state index in [2.05, 4.69) is 14.9 Å². The van der Waals surface area contributed by atoms with Gasteiger partial charge in [-0.3, -0.25) is 9.69 Å². The first-order chi connectivity index (χ1) is 10.6. The number of amides is 1. The summed E-state index contributed by atoms with van der Waals surface area (Å²) in [5.74, 6) is -0.397. The van der Waals surface area contributed by atoms with Crippen LogP contribution in [0.5, 0.6) is 0 Å². The fourth-order valence-corrected chi connectivity index (χ4v) is 2.46. The second-order valence-corrected chi connectivity index (χ2v) is 6.06. The number of carbonyl (C=O) groups excluding carboxylic acids is 1. The largest absolute Gasteiger partial charge is 0.351 e. The van der Waals surface area contributed by atoms with Gasteiger partial charge in [-0.25, -0.2) is 4.39 Å². The molecule has 1 amide bonds. The van der Waals surface area contributed by atoms with Gasteiger partial charge in [0.25, 0.3) is 0 Å². The van der Waals surface area contributed by atoms with Crippen molar-refractivity contribution in [3.63, 3.8) is 0 Å². The van der Waals surface area contributed by atoms with Gasteiger partial charge in [0, 0.05) is 24.6 Å². The Hall–Kier alpha value is -1.57. The van der Waals surface area contributed by atoms with Gasteiger partial charge in [0.1, 0.15) is 15.8 Å². The zero-order valence-electron chi connectivity index (χ0n) is 12.1. The van der Waals surface area contributed by atoms with E-state index in [0.717, 1.165) is 17.1 Å².